The van der Waals surface area contributed by atoms with Crippen molar-refractivity contribution in [3.63, 3.8) is 0 Å². The van der Waals surface area contributed by atoms with E-state index >= 15 is 0 Å². The van der Waals surface area contributed by atoms with Crippen molar-refractivity contribution in [2.24, 2.45) is 0 Å². The molecule has 0 saturated heterocycles. The summed E-state index contributed by atoms with van der Waals surface area (Å²) in [4.78, 5) is 3.42. The van der Waals surface area contributed by atoms with Gasteiger partial charge in [0.25, 0.3) is 0 Å². The topological polar surface area (TPSA) is 33.1 Å². The highest BCUT2D eigenvalue weighted by Gasteiger charge is 2.07. The number of aromatic amines is 1. The van der Waals surface area contributed by atoms with Crippen LogP contribution in [0.4, 0.5) is 0 Å². The van der Waals surface area contributed by atoms with E-state index in [1.54, 1.807) is 0 Å². The Labute approximate surface area is 91.3 Å². The van der Waals surface area contributed by atoms with E-state index in [0.717, 1.165) is 11.0 Å². The van der Waals surface area contributed by atoms with Crippen LogP contribution in [0.1, 0.15) is 0 Å². The van der Waals surface area contributed by atoms with Crippen LogP contribution >= 0.6 is 0 Å². The summed E-state index contributed by atoms with van der Waals surface area (Å²) in [6.45, 7) is 0. The van der Waals surface area contributed by atoms with Crippen LogP contribution < -0.4 is 0 Å². The SMILES string of the molecule is c1ccc2c(c1)[nH]c1ccn3nccc3c12. The molecule has 0 spiro atoms. The Morgan fingerprint density at radius 2 is 1.94 bits per heavy atom. The molecule has 0 radical (unpaired) electrons. The first-order valence-corrected chi connectivity index (χ1v) is 5.26. The Morgan fingerprint density at radius 3 is 2.94 bits per heavy atom. The number of hydrogen-bond donors (Lipinski definition) is 1. The lowest BCUT2D eigenvalue weighted by Gasteiger charge is -1.95. The van der Waals surface area contributed by atoms with Crippen molar-refractivity contribution in [3.8, 4) is 0 Å². The fraction of sp³-hybridized carbons (Fsp3) is 0. The van der Waals surface area contributed by atoms with Crippen LogP contribution in [0, 0.1) is 0 Å². The largest absolute Gasteiger partial charge is 0.354 e. The van der Waals surface area contributed by atoms with E-state index in [0.29, 0.717) is 0 Å². The molecule has 1 aromatic carbocycles. The average molecular weight is 207 g/mol. The first kappa shape index (κ1) is 7.93. The number of hydrogen-bond acceptors (Lipinski definition) is 1. The van der Waals surface area contributed by atoms with E-state index in [2.05, 4.69) is 34.3 Å². The highest BCUT2D eigenvalue weighted by molar-refractivity contribution is 6.14. The Bertz CT molecular complexity index is 808. The standard InChI is InChI=1S/C13H9N3/c1-2-4-10-9(3-1)13-11(15-10)6-8-16-12(13)5-7-14-16/h1-8,15H. The lowest BCUT2D eigenvalue weighted by Crippen LogP contribution is -1.84. The molecule has 0 aliphatic carbocycles. The van der Waals surface area contributed by atoms with Gasteiger partial charge in [-0.15, -0.1) is 0 Å². The third kappa shape index (κ3) is 0.852. The molecule has 3 nitrogen and oxygen atoms in total. The average Bonchev–Trinajstić information content (AvgIpc) is 2.91. The lowest BCUT2D eigenvalue weighted by molar-refractivity contribution is 0.967. The van der Waals surface area contributed by atoms with Gasteiger partial charge in [-0.05, 0) is 18.2 Å². The molecule has 76 valence electrons. The van der Waals surface area contributed by atoms with Crippen molar-refractivity contribution in [2.45, 2.75) is 0 Å². The van der Waals surface area contributed by atoms with Crippen LogP contribution in [-0.4, -0.2) is 14.6 Å². The third-order valence-corrected chi connectivity index (χ3v) is 3.04. The molecule has 0 unspecified atom stereocenters. The molecule has 0 bridgehead atoms. The van der Waals surface area contributed by atoms with Crippen LogP contribution in [-0.2, 0) is 0 Å². The van der Waals surface area contributed by atoms with Gasteiger partial charge in [-0.2, -0.15) is 5.10 Å². The second-order valence-electron chi connectivity index (χ2n) is 3.94. The Morgan fingerprint density at radius 1 is 1.00 bits per heavy atom. The van der Waals surface area contributed by atoms with Crippen molar-refractivity contribution >= 4 is 27.3 Å². The van der Waals surface area contributed by atoms with E-state index in [1.807, 2.05) is 29.0 Å². The van der Waals surface area contributed by atoms with Crippen molar-refractivity contribution in [3.05, 3.63) is 48.8 Å². The second-order valence-corrected chi connectivity index (χ2v) is 3.94. The van der Waals surface area contributed by atoms with Gasteiger partial charge in [0.1, 0.15) is 0 Å². The number of aromatic nitrogens is 3. The maximum Gasteiger partial charge on any atom is 0.0761 e. The predicted molar refractivity (Wildman–Crippen MR) is 64.6 cm³/mol. The van der Waals surface area contributed by atoms with E-state index < -0.39 is 0 Å². The van der Waals surface area contributed by atoms with Gasteiger partial charge in [0.15, 0.2) is 0 Å². The Kier molecular flexibility index (Phi) is 1.31. The Balaban J connectivity index is 2.42. The van der Waals surface area contributed by atoms with Crippen molar-refractivity contribution < 1.29 is 0 Å². The van der Waals surface area contributed by atoms with Gasteiger partial charge in [0.05, 0.1) is 17.2 Å². The summed E-state index contributed by atoms with van der Waals surface area (Å²) in [7, 11) is 0. The summed E-state index contributed by atoms with van der Waals surface area (Å²) < 4.78 is 1.91. The summed E-state index contributed by atoms with van der Waals surface area (Å²) in [5.74, 6) is 0. The summed E-state index contributed by atoms with van der Waals surface area (Å²) in [5, 5.41) is 6.76. The Hall–Kier alpha value is -2.29. The number of benzene rings is 1. The highest BCUT2D eigenvalue weighted by Crippen LogP contribution is 2.28. The van der Waals surface area contributed by atoms with Crippen LogP contribution in [0.5, 0.6) is 0 Å². The number of nitrogens with one attached hydrogen (secondary N) is 1. The number of pyridine rings is 1. The zero-order valence-electron chi connectivity index (χ0n) is 8.51. The van der Waals surface area contributed by atoms with E-state index in [-0.39, 0.29) is 0 Å². The van der Waals surface area contributed by atoms with Gasteiger partial charge in [-0.1, -0.05) is 18.2 Å². The quantitative estimate of drug-likeness (QED) is 0.472. The maximum atomic E-state index is 4.26. The molecule has 0 saturated carbocycles. The van der Waals surface area contributed by atoms with Crippen LogP contribution in [0.2, 0.25) is 0 Å². The third-order valence-electron chi connectivity index (χ3n) is 3.04. The number of H-pyrrole nitrogens is 1. The highest BCUT2D eigenvalue weighted by atomic mass is 15.2. The molecular formula is C13H9N3. The van der Waals surface area contributed by atoms with Crippen LogP contribution in [0.3, 0.4) is 0 Å². The molecule has 3 aromatic heterocycles. The fourth-order valence-electron chi connectivity index (χ4n) is 2.34. The molecule has 0 fully saturated rings. The molecule has 3 heterocycles. The molecule has 16 heavy (non-hydrogen) atoms. The molecule has 0 aliphatic rings. The number of para-hydroxylation sites is 1. The molecule has 0 amide bonds. The lowest BCUT2D eigenvalue weighted by atomic mass is 10.1. The molecule has 0 atom stereocenters. The second kappa shape index (κ2) is 2.64. The van der Waals surface area contributed by atoms with Gasteiger partial charge < -0.3 is 4.98 Å². The summed E-state index contributed by atoms with van der Waals surface area (Å²) in [5.41, 5.74) is 3.48. The van der Waals surface area contributed by atoms with Gasteiger partial charge in [0, 0.05) is 22.5 Å². The van der Waals surface area contributed by atoms with E-state index in [1.165, 1.54) is 16.3 Å². The monoisotopic (exact) mass is 207 g/mol. The molecule has 1 N–H and O–H groups in total. The molecule has 4 aromatic rings. The summed E-state index contributed by atoms with van der Waals surface area (Å²) in [6.07, 6.45) is 3.81. The van der Waals surface area contributed by atoms with Crippen molar-refractivity contribution in [2.75, 3.05) is 0 Å². The minimum atomic E-state index is 1.15. The van der Waals surface area contributed by atoms with Crippen molar-refractivity contribution in [1.29, 1.82) is 0 Å². The molecule has 3 heteroatoms. The minimum absolute atomic E-state index is 1.15. The minimum Gasteiger partial charge on any atom is -0.354 e. The zero-order valence-corrected chi connectivity index (χ0v) is 8.51. The summed E-state index contributed by atoms with van der Waals surface area (Å²) >= 11 is 0. The van der Waals surface area contributed by atoms with Gasteiger partial charge >= 0.3 is 0 Å². The molecular weight excluding hydrogens is 198 g/mol. The van der Waals surface area contributed by atoms with Gasteiger partial charge in [-0.25, -0.2) is 4.52 Å². The van der Waals surface area contributed by atoms with Crippen LogP contribution in [0.25, 0.3) is 27.3 Å². The van der Waals surface area contributed by atoms with E-state index in [9.17, 15) is 0 Å². The smallest absolute Gasteiger partial charge is 0.0761 e. The van der Waals surface area contributed by atoms with Crippen LogP contribution in [0.15, 0.2) is 48.8 Å². The van der Waals surface area contributed by atoms with E-state index in [4.69, 9.17) is 0 Å². The van der Waals surface area contributed by atoms with Gasteiger partial charge in [0.2, 0.25) is 0 Å². The first-order chi connectivity index (χ1) is 7.93. The predicted octanol–water partition coefficient (Wildman–Crippen LogP) is 2.97. The van der Waals surface area contributed by atoms with Crippen molar-refractivity contribution in [1.82, 2.24) is 14.6 Å². The number of nitrogens with zero attached hydrogens (tertiary/aromatic N) is 2. The maximum absolute atomic E-state index is 4.26. The fourth-order valence-corrected chi connectivity index (χ4v) is 2.34. The summed E-state index contributed by atoms with van der Waals surface area (Å²) in [6, 6.07) is 12.5. The number of rotatable bonds is 0. The first-order valence-electron chi connectivity index (χ1n) is 5.26. The zero-order chi connectivity index (χ0) is 10.5. The normalized spacial score (nSPS) is 11.8. The van der Waals surface area contributed by atoms with Gasteiger partial charge in [-0.3, -0.25) is 0 Å². The number of fused-ring (bicyclic) bond motifs is 5. The molecule has 0 aliphatic heterocycles. The molecule has 4 rings (SSSR count).